The first-order chi connectivity index (χ1) is 4.25. The number of rotatable bonds is 2. The van der Waals surface area contributed by atoms with Crippen molar-refractivity contribution < 1.29 is 13.9 Å². The monoisotopic (exact) mass is 132 g/mol. The lowest BCUT2D eigenvalue weighted by molar-refractivity contribution is -0.146. The third kappa shape index (κ3) is 1.10. The van der Waals surface area contributed by atoms with Crippen LogP contribution >= 0.6 is 0 Å². The highest BCUT2D eigenvalue weighted by atomic mass is 19.1. The van der Waals surface area contributed by atoms with Gasteiger partial charge in [0.05, 0.1) is 0 Å². The molecule has 0 N–H and O–H groups in total. The molecular formula is C6H9FO2. The predicted molar refractivity (Wildman–Crippen MR) is 29.9 cm³/mol. The molecule has 0 spiro atoms. The zero-order valence-corrected chi connectivity index (χ0v) is 5.26. The summed E-state index contributed by atoms with van der Waals surface area (Å²) in [4.78, 5) is 10.3. The van der Waals surface area contributed by atoms with Gasteiger partial charge in [-0.15, -0.1) is 0 Å². The minimum Gasteiger partial charge on any atom is -0.375 e. The minimum absolute atomic E-state index is 0.259. The summed E-state index contributed by atoms with van der Waals surface area (Å²) < 4.78 is 17.2. The number of Topliss-reactive ketones (excluding diaryl/α,β-unsaturated/α-hetero) is 1. The van der Waals surface area contributed by atoms with E-state index in [9.17, 15) is 9.18 Å². The Morgan fingerprint density at radius 1 is 1.89 bits per heavy atom. The second-order valence-electron chi connectivity index (χ2n) is 2.07. The van der Waals surface area contributed by atoms with Gasteiger partial charge >= 0.3 is 0 Å². The van der Waals surface area contributed by atoms with Crippen LogP contribution in [0.25, 0.3) is 0 Å². The Kier molecular flexibility index (Phi) is 1.81. The second-order valence-corrected chi connectivity index (χ2v) is 2.07. The van der Waals surface area contributed by atoms with E-state index < -0.39 is 12.3 Å². The van der Waals surface area contributed by atoms with E-state index >= 15 is 0 Å². The fourth-order valence-corrected chi connectivity index (χ4v) is 0.819. The molecule has 2 atom stereocenters. The van der Waals surface area contributed by atoms with Gasteiger partial charge in [-0.25, -0.2) is 4.39 Å². The summed E-state index contributed by atoms with van der Waals surface area (Å²) >= 11 is 0. The van der Waals surface area contributed by atoms with Gasteiger partial charge in [0.1, 0.15) is 6.10 Å². The highest BCUT2D eigenvalue weighted by molar-refractivity contribution is 5.90. The van der Waals surface area contributed by atoms with Crippen LogP contribution in [0.1, 0.15) is 13.3 Å². The number of hydrogen-bond donors (Lipinski definition) is 0. The van der Waals surface area contributed by atoms with E-state index in [1.165, 1.54) is 0 Å². The molecule has 1 fully saturated rings. The molecular weight excluding hydrogens is 123 g/mol. The Bertz CT molecular complexity index is 124. The molecule has 2 nitrogen and oxygen atoms in total. The van der Waals surface area contributed by atoms with Crippen LogP contribution in [0.15, 0.2) is 0 Å². The quantitative estimate of drug-likeness (QED) is 0.553. The van der Waals surface area contributed by atoms with Crippen molar-refractivity contribution in [3.05, 3.63) is 0 Å². The number of ether oxygens (including phenoxy) is 1. The lowest BCUT2D eigenvalue weighted by atomic mass is 9.92. The standard InChI is InChI=1S/C6H9FO2/c1-2-9-5-3-4(8)6(5)7/h5-6H,2-3H2,1H3. The van der Waals surface area contributed by atoms with E-state index in [2.05, 4.69) is 0 Å². The van der Waals surface area contributed by atoms with Crippen LogP contribution in [0.2, 0.25) is 0 Å². The van der Waals surface area contributed by atoms with Crippen LogP contribution in [0.5, 0.6) is 0 Å². The van der Waals surface area contributed by atoms with Crippen LogP contribution in [-0.4, -0.2) is 24.7 Å². The van der Waals surface area contributed by atoms with Crippen LogP contribution in [-0.2, 0) is 9.53 Å². The van der Waals surface area contributed by atoms with Crippen LogP contribution < -0.4 is 0 Å². The van der Waals surface area contributed by atoms with Gasteiger partial charge in [0.15, 0.2) is 12.0 Å². The molecule has 1 aliphatic carbocycles. The van der Waals surface area contributed by atoms with E-state index in [-0.39, 0.29) is 12.2 Å². The van der Waals surface area contributed by atoms with E-state index in [4.69, 9.17) is 4.74 Å². The third-order valence-corrected chi connectivity index (χ3v) is 1.42. The van der Waals surface area contributed by atoms with Crippen LogP contribution in [0.4, 0.5) is 4.39 Å². The lowest BCUT2D eigenvalue weighted by Gasteiger charge is -2.27. The van der Waals surface area contributed by atoms with Gasteiger partial charge in [0, 0.05) is 13.0 Å². The molecule has 0 aromatic carbocycles. The van der Waals surface area contributed by atoms with E-state index in [0.717, 1.165) is 0 Å². The smallest absolute Gasteiger partial charge is 0.184 e. The van der Waals surface area contributed by atoms with E-state index in [0.29, 0.717) is 6.61 Å². The SMILES string of the molecule is CCOC1CC(=O)C1F. The van der Waals surface area contributed by atoms with Crippen LogP contribution in [0, 0.1) is 0 Å². The van der Waals surface area contributed by atoms with Crippen molar-refractivity contribution in [3.63, 3.8) is 0 Å². The molecule has 0 saturated heterocycles. The number of carbonyl (C=O) groups excluding carboxylic acids is 1. The van der Waals surface area contributed by atoms with Gasteiger partial charge in [-0.1, -0.05) is 0 Å². The highest BCUT2D eigenvalue weighted by Gasteiger charge is 2.40. The van der Waals surface area contributed by atoms with Crippen molar-refractivity contribution in [1.82, 2.24) is 0 Å². The van der Waals surface area contributed by atoms with Gasteiger partial charge in [-0.3, -0.25) is 4.79 Å². The Morgan fingerprint density at radius 3 is 2.89 bits per heavy atom. The summed E-state index contributed by atoms with van der Waals surface area (Å²) in [6, 6.07) is 0. The molecule has 0 heterocycles. The van der Waals surface area contributed by atoms with Crippen molar-refractivity contribution >= 4 is 5.78 Å². The molecule has 3 heteroatoms. The first kappa shape index (κ1) is 6.68. The van der Waals surface area contributed by atoms with Gasteiger partial charge in [-0.05, 0) is 6.92 Å². The Balaban J connectivity index is 2.25. The molecule has 0 aliphatic heterocycles. The largest absolute Gasteiger partial charge is 0.375 e. The van der Waals surface area contributed by atoms with Gasteiger partial charge in [0.25, 0.3) is 0 Å². The summed E-state index contributed by atoms with van der Waals surface area (Å²) in [6.45, 7) is 2.27. The molecule has 0 bridgehead atoms. The first-order valence-corrected chi connectivity index (χ1v) is 3.04. The second kappa shape index (κ2) is 2.43. The van der Waals surface area contributed by atoms with Gasteiger partial charge in [-0.2, -0.15) is 0 Å². The molecule has 1 aliphatic rings. The van der Waals surface area contributed by atoms with Gasteiger partial charge < -0.3 is 4.74 Å². The Morgan fingerprint density at radius 2 is 2.56 bits per heavy atom. The topological polar surface area (TPSA) is 26.3 Å². The normalized spacial score (nSPS) is 34.2. The van der Waals surface area contributed by atoms with Crippen molar-refractivity contribution in [2.75, 3.05) is 6.61 Å². The van der Waals surface area contributed by atoms with E-state index in [1.807, 2.05) is 0 Å². The number of hydrogen-bond acceptors (Lipinski definition) is 2. The van der Waals surface area contributed by atoms with Crippen molar-refractivity contribution in [2.45, 2.75) is 25.6 Å². The molecule has 0 radical (unpaired) electrons. The minimum atomic E-state index is -1.34. The maximum Gasteiger partial charge on any atom is 0.184 e. The Labute approximate surface area is 53.0 Å². The molecule has 52 valence electrons. The Hall–Kier alpha value is -0.440. The van der Waals surface area contributed by atoms with Gasteiger partial charge in [0.2, 0.25) is 0 Å². The maximum absolute atomic E-state index is 12.3. The molecule has 0 aromatic heterocycles. The first-order valence-electron chi connectivity index (χ1n) is 3.04. The number of ketones is 1. The summed E-state index contributed by atoms with van der Waals surface area (Å²) in [5.41, 5.74) is 0. The average Bonchev–Trinajstić information content (AvgIpc) is 1.88. The zero-order valence-electron chi connectivity index (χ0n) is 5.26. The van der Waals surface area contributed by atoms with Crippen molar-refractivity contribution in [3.8, 4) is 0 Å². The average molecular weight is 132 g/mol. The third-order valence-electron chi connectivity index (χ3n) is 1.42. The fourth-order valence-electron chi connectivity index (χ4n) is 0.819. The van der Waals surface area contributed by atoms with Crippen LogP contribution in [0.3, 0.4) is 0 Å². The number of alkyl halides is 1. The fraction of sp³-hybridized carbons (Fsp3) is 0.833. The van der Waals surface area contributed by atoms with E-state index in [1.54, 1.807) is 6.92 Å². The highest BCUT2D eigenvalue weighted by Crippen LogP contribution is 2.22. The summed E-state index contributed by atoms with van der Waals surface area (Å²) in [5.74, 6) is -0.326. The predicted octanol–water partition coefficient (Wildman–Crippen LogP) is 0.702. The number of carbonyl (C=O) groups is 1. The van der Waals surface area contributed by atoms with Crippen molar-refractivity contribution in [1.29, 1.82) is 0 Å². The molecule has 1 rings (SSSR count). The van der Waals surface area contributed by atoms with Crippen molar-refractivity contribution in [2.24, 2.45) is 0 Å². The summed E-state index contributed by atoms with van der Waals surface area (Å²) in [6.07, 6.45) is -1.53. The molecule has 1 saturated carbocycles. The summed E-state index contributed by atoms with van der Waals surface area (Å²) in [7, 11) is 0. The molecule has 9 heavy (non-hydrogen) atoms. The zero-order chi connectivity index (χ0) is 6.85. The maximum atomic E-state index is 12.3. The summed E-state index contributed by atoms with van der Waals surface area (Å²) in [5, 5.41) is 0. The molecule has 0 aromatic rings. The lowest BCUT2D eigenvalue weighted by Crippen LogP contribution is -2.45. The molecule has 0 amide bonds. The number of halogens is 1. The molecule has 2 unspecified atom stereocenters.